The highest BCUT2D eigenvalue weighted by Gasteiger charge is 2.20. The van der Waals surface area contributed by atoms with E-state index in [9.17, 15) is 14.7 Å². The lowest BCUT2D eigenvalue weighted by Crippen LogP contribution is -2.20. The first-order valence-corrected chi connectivity index (χ1v) is 12.6. The Morgan fingerprint density at radius 1 is 0.795 bits per heavy atom. The lowest BCUT2D eigenvalue weighted by molar-refractivity contribution is 0.0693. The Labute approximate surface area is 232 Å². The summed E-state index contributed by atoms with van der Waals surface area (Å²) < 4.78 is 11.5. The van der Waals surface area contributed by atoms with E-state index in [-0.39, 0.29) is 16.7 Å². The van der Waals surface area contributed by atoms with Gasteiger partial charge in [-0.1, -0.05) is 62.7 Å². The Kier molecular flexibility index (Phi) is 8.12. The van der Waals surface area contributed by atoms with Crippen molar-refractivity contribution in [3.8, 4) is 28.4 Å². The van der Waals surface area contributed by atoms with Crippen molar-refractivity contribution in [2.45, 2.75) is 26.2 Å². The second kappa shape index (κ2) is 11.5. The number of anilines is 2. The van der Waals surface area contributed by atoms with E-state index < -0.39 is 12.0 Å². The summed E-state index contributed by atoms with van der Waals surface area (Å²) in [7, 11) is 1.42. The summed E-state index contributed by atoms with van der Waals surface area (Å²) in [5.41, 5.74) is 3.14. The van der Waals surface area contributed by atoms with Gasteiger partial charge in [0.25, 0.3) is 0 Å². The van der Waals surface area contributed by atoms with Crippen LogP contribution in [-0.4, -0.2) is 24.2 Å². The predicted molar refractivity (Wildman–Crippen MR) is 155 cm³/mol. The summed E-state index contributed by atoms with van der Waals surface area (Å²) in [5.74, 6) is 0.240. The van der Waals surface area contributed by atoms with E-state index in [0.717, 1.165) is 5.56 Å². The van der Waals surface area contributed by atoms with Gasteiger partial charge in [0.15, 0.2) is 5.75 Å². The molecule has 0 atom stereocenters. The SMILES string of the molecule is COc1ccc(-c2ccc(Oc3ccccc3C(C)(C)C)c(NC(=O)Nc3ccc(Cl)cc3)c2)cc1C(=O)O. The quantitative estimate of drug-likeness (QED) is 0.217. The zero-order valence-electron chi connectivity index (χ0n) is 22.0. The normalized spacial score (nSPS) is 11.0. The maximum absolute atomic E-state index is 13.0. The molecule has 3 N–H and O–H groups in total. The first-order chi connectivity index (χ1) is 18.5. The molecule has 7 nitrogen and oxygen atoms in total. The minimum absolute atomic E-state index is 0.0319. The summed E-state index contributed by atoms with van der Waals surface area (Å²) >= 11 is 5.96. The fourth-order valence-electron chi connectivity index (χ4n) is 4.06. The molecule has 0 heterocycles. The first kappa shape index (κ1) is 27.5. The van der Waals surface area contributed by atoms with E-state index >= 15 is 0 Å². The maximum Gasteiger partial charge on any atom is 0.339 e. The second-order valence-electron chi connectivity index (χ2n) is 9.87. The van der Waals surface area contributed by atoms with E-state index in [1.54, 1.807) is 48.5 Å². The number of benzene rings is 4. The van der Waals surface area contributed by atoms with Gasteiger partial charge in [-0.3, -0.25) is 0 Å². The zero-order valence-corrected chi connectivity index (χ0v) is 22.8. The molecule has 2 amide bonds. The van der Waals surface area contributed by atoms with Crippen LogP contribution in [0.5, 0.6) is 17.2 Å². The third-order valence-electron chi connectivity index (χ3n) is 6.01. The van der Waals surface area contributed by atoms with Crippen molar-refractivity contribution < 1.29 is 24.2 Å². The number of para-hydroxylation sites is 1. The standard InChI is InChI=1S/C31H29ClN2O5/c1-31(2,3)24-7-5-6-8-27(24)39-28-16-10-20(19-9-15-26(38-4)23(17-19)29(35)36)18-25(28)34-30(37)33-22-13-11-21(32)12-14-22/h5-18H,1-4H3,(H,35,36)(H2,33,34,37). The largest absolute Gasteiger partial charge is 0.496 e. The molecule has 0 spiro atoms. The van der Waals surface area contributed by atoms with Crippen LogP contribution in [0.4, 0.5) is 16.2 Å². The number of hydrogen-bond donors (Lipinski definition) is 3. The van der Waals surface area contributed by atoms with Crippen LogP contribution in [0.15, 0.2) is 84.9 Å². The number of urea groups is 1. The Bertz CT molecular complexity index is 1510. The minimum atomic E-state index is -1.10. The van der Waals surface area contributed by atoms with Crippen molar-refractivity contribution in [3.05, 3.63) is 101 Å². The summed E-state index contributed by atoms with van der Waals surface area (Å²) in [6.45, 7) is 6.29. The number of carbonyl (C=O) groups excluding carboxylic acids is 1. The van der Waals surface area contributed by atoms with E-state index in [1.165, 1.54) is 13.2 Å². The van der Waals surface area contributed by atoms with Crippen LogP contribution in [0.3, 0.4) is 0 Å². The number of carbonyl (C=O) groups is 2. The zero-order chi connectivity index (χ0) is 28.2. The highest BCUT2D eigenvalue weighted by atomic mass is 35.5. The molecule has 4 aromatic rings. The number of rotatable bonds is 7. The summed E-state index contributed by atoms with van der Waals surface area (Å²) in [4.78, 5) is 24.7. The summed E-state index contributed by atoms with van der Waals surface area (Å²) in [6.07, 6.45) is 0. The van der Waals surface area contributed by atoms with Gasteiger partial charge in [0.2, 0.25) is 0 Å². The third kappa shape index (κ3) is 6.69. The van der Waals surface area contributed by atoms with Crippen LogP contribution >= 0.6 is 11.6 Å². The lowest BCUT2D eigenvalue weighted by Gasteiger charge is -2.23. The highest BCUT2D eigenvalue weighted by molar-refractivity contribution is 6.30. The monoisotopic (exact) mass is 544 g/mol. The summed E-state index contributed by atoms with van der Waals surface area (Å²) in [5, 5.41) is 15.8. The Hall–Kier alpha value is -4.49. The van der Waals surface area contributed by atoms with Gasteiger partial charge in [-0.25, -0.2) is 9.59 Å². The van der Waals surface area contributed by atoms with E-state index in [0.29, 0.717) is 39.0 Å². The average molecular weight is 545 g/mol. The fourth-order valence-corrected chi connectivity index (χ4v) is 4.19. The van der Waals surface area contributed by atoms with Crippen LogP contribution in [0.2, 0.25) is 5.02 Å². The number of carboxylic acid groups (broad SMARTS) is 1. The van der Waals surface area contributed by atoms with Crippen molar-refractivity contribution in [1.29, 1.82) is 0 Å². The van der Waals surface area contributed by atoms with Crippen LogP contribution in [0.1, 0.15) is 36.7 Å². The number of halogens is 1. The number of aromatic carboxylic acids is 1. The molecule has 0 saturated carbocycles. The molecule has 0 saturated heterocycles. The highest BCUT2D eigenvalue weighted by Crippen LogP contribution is 2.39. The van der Waals surface area contributed by atoms with Gasteiger partial charge in [-0.05, 0) is 71.1 Å². The van der Waals surface area contributed by atoms with Crippen LogP contribution in [0.25, 0.3) is 11.1 Å². The van der Waals surface area contributed by atoms with Crippen LogP contribution in [0, 0.1) is 0 Å². The molecule has 4 rings (SSSR count). The van der Waals surface area contributed by atoms with Crippen molar-refractivity contribution in [3.63, 3.8) is 0 Å². The van der Waals surface area contributed by atoms with Gasteiger partial charge in [0.1, 0.15) is 17.1 Å². The predicted octanol–water partition coefficient (Wildman–Crippen LogP) is 8.45. The third-order valence-corrected chi connectivity index (χ3v) is 6.26. The number of nitrogens with one attached hydrogen (secondary N) is 2. The molecule has 200 valence electrons. The van der Waals surface area contributed by atoms with Crippen LogP contribution in [-0.2, 0) is 5.41 Å². The van der Waals surface area contributed by atoms with Gasteiger partial charge in [0.05, 0.1) is 12.8 Å². The average Bonchev–Trinajstić information content (AvgIpc) is 2.90. The number of ether oxygens (including phenoxy) is 2. The van der Waals surface area contributed by atoms with E-state index in [2.05, 4.69) is 31.4 Å². The van der Waals surface area contributed by atoms with Crippen molar-refractivity contribution in [2.24, 2.45) is 0 Å². The molecule has 0 radical (unpaired) electrons. The van der Waals surface area contributed by atoms with Gasteiger partial charge < -0.3 is 25.2 Å². The molecule has 0 aromatic heterocycles. The smallest absolute Gasteiger partial charge is 0.339 e. The fraction of sp³-hybridized carbons (Fsp3) is 0.161. The van der Waals surface area contributed by atoms with Gasteiger partial charge in [-0.15, -0.1) is 0 Å². The van der Waals surface area contributed by atoms with Crippen molar-refractivity contribution >= 4 is 35.0 Å². The van der Waals surface area contributed by atoms with Crippen molar-refractivity contribution in [1.82, 2.24) is 0 Å². The molecule has 0 bridgehead atoms. The lowest BCUT2D eigenvalue weighted by atomic mass is 9.86. The van der Waals surface area contributed by atoms with Gasteiger partial charge >= 0.3 is 12.0 Å². The second-order valence-corrected chi connectivity index (χ2v) is 10.3. The Morgan fingerprint density at radius 3 is 2.08 bits per heavy atom. The van der Waals surface area contributed by atoms with Gasteiger partial charge in [-0.2, -0.15) is 0 Å². The number of carboxylic acids is 1. The van der Waals surface area contributed by atoms with Crippen LogP contribution < -0.4 is 20.1 Å². The topological polar surface area (TPSA) is 96.9 Å². The van der Waals surface area contributed by atoms with E-state index in [1.807, 2.05) is 30.3 Å². The molecule has 0 fully saturated rings. The molecule has 39 heavy (non-hydrogen) atoms. The molecule has 0 aliphatic carbocycles. The Morgan fingerprint density at radius 2 is 1.44 bits per heavy atom. The number of hydrogen-bond acceptors (Lipinski definition) is 4. The number of amides is 2. The number of methoxy groups -OCH3 is 1. The minimum Gasteiger partial charge on any atom is -0.496 e. The molecule has 0 aliphatic rings. The maximum atomic E-state index is 13.0. The Balaban J connectivity index is 1.74. The molecule has 8 heteroatoms. The molecular weight excluding hydrogens is 516 g/mol. The summed E-state index contributed by atoms with van der Waals surface area (Å²) in [6, 6.07) is 24.2. The van der Waals surface area contributed by atoms with Gasteiger partial charge in [0, 0.05) is 16.3 Å². The molecule has 0 unspecified atom stereocenters. The first-order valence-electron chi connectivity index (χ1n) is 12.2. The van der Waals surface area contributed by atoms with E-state index in [4.69, 9.17) is 21.1 Å². The molecule has 0 aliphatic heterocycles. The molecular formula is C31H29ClN2O5. The molecule has 4 aromatic carbocycles. The van der Waals surface area contributed by atoms with Crippen molar-refractivity contribution in [2.75, 3.05) is 17.7 Å².